The van der Waals surface area contributed by atoms with Crippen molar-refractivity contribution in [3.05, 3.63) is 47.3 Å². The minimum Gasteiger partial charge on any atom is -0.454 e. The Morgan fingerprint density at radius 2 is 1.90 bits per heavy atom. The maximum atomic E-state index is 5.44. The second kappa shape index (κ2) is 4.89. The predicted molar refractivity (Wildman–Crippen MR) is 77.3 cm³/mol. The van der Waals surface area contributed by atoms with Crippen molar-refractivity contribution in [1.29, 1.82) is 0 Å². The van der Waals surface area contributed by atoms with E-state index in [0.29, 0.717) is 6.79 Å². The van der Waals surface area contributed by atoms with Gasteiger partial charge < -0.3 is 14.0 Å². The fourth-order valence-corrected chi connectivity index (χ4v) is 3.25. The Balaban J connectivity index is 1.49. The summed E-state index contributed by atoms with van der Waals surface area (Å²) in [5.41, 5.74) is 4.42. The Hall–Kier alpha value is -1.90. The molecule has 0 N–H and O–H groups in total. The van der Waals surface area contributed by atoms with E-state index in [1.165, 1.54) is 31.2 Å². The number of ether oxygens (including phenoxy) is 2. The lowest BCUT2D eigenvalue weighted by molar-refractivity contribution is 0.174. The molecule has 1 aromatic carbocycles. The number of fused-ring (bicyclic) bond motifs is 2. The lowest BCUT2D eigenvalue weighted by Crippen LogP contribution is -2.09. The average Bonchev–Trinajstić information content (AvgIpc) is 3.11. The van der Waals surface area contributed by atoms with Crippen molar-refractivity contribution < 1.29 is 9.47 Å². The van der Waals surface area contributed by atoms with Crippen molar-refractivity contribution in [3.63, 3.8) is 0 Å². The molecule has 0 saturated heterocycles. The van der Waals surface area contributed by atoms with Crippen LogP contribution in [0.15, 0.2) is 30.5 Å². The lowest BCUT2D eigenvalue weighted by atomic mass is 9.98. The largest absolute Gasteiger partial charge is 0.454 e. The molecule has 104 valence electrons. The molecule has 0 unspecified atom stereocenters. The van der Waals surface area contributed by atoms with Crippen LogP contribution in [0.2, 0.25) is 0 Å². The number of hydrogen-bond acceptors (Lipinski definition) is 2. The summed E-state index contributed by atoms with van der Waals surface area (Å²) in [4.78, 5) is 0. The van der Waals surface area contributed by atoms with Gasteiger partial charge in [0.2, 0.25) is 6.79 Å². The maximum Gasteiger partial charge on any atom is 0.231 e. The molecule has 0 bridgehead atoms. The quantitative estimate of drug-likeness (QED) is 0.853. The molecule has 0 amide bonds. The van der Waals surface area contributed by atoms with E-state index in [0.717, 1.165) is 24.5 Å². The summed E-state index contributed by atoms with van der Waals surface area (Å²) in [6.07, 6.45) is 8.47. The van der Waals surface area contributed by atoms with Crippen LogP contribution in [0.4, 0.5) is 0 Å². The van der Waals surface area contributed by atoms with Crippen molar-refractivity contribution in [1.82, 2.24) is 4.57 Å². The Labute approximate surface area is 119 Å². The molecule has 1 aromatic heterocycles. The summed E-state index contributed by atoms with van der Waals surface area (Å²) in [6, 6.07) is 8.57. The van der Waals surface area contributed by atoms with E-state index in [-0.39, 0.29) is 0 Å². The molecule has 20 heavy (non-hydrogen) atoms. The first-order valence-electron chi connectivity index (χ1n) is 7.45. The number of aromatic nitrogens is 1. The van der Waals surface area contributed by atoms with Gasteiger partial charge in [-0.3, -0.25) is 0 Å². The third-order valence-electron chi connectivity index (χ3n) is 4.36. The van der Waals surface area contributed by atoms with Gasteiger partial charge in [-0.05, 0) is 61.4 Å². The number of aryl methyl sites for hydroxylation is 3. The Kier molecular flexibility index (Phi) is 2.91. The van der Waals surface area contributed by atoms with E-state index < -0.39 is 0 Å². The van der Waals surface area contributed by atoms with Crippen molar-refractivity contribution >= 4 is 0 Å². The third-order valence-corrected chi connectivity index (χ3v) is 4.36. The van der Waals surface area contributed by atoms with E-state index in [9.17, 15) is 0 Å². The standard InChI is InChI=1S/C17H19NO2/c1-2-4-15-14(3-1)8-10-18(15)9-7-13-5-6-16-17(11-13)20-12-19-16/h5-6,8,10-11H,1-4,7,9,12H2. The molecule has 2 heterocycles. The fraction of sp³-hybridized carbons (Fsp3) is 0.412. The van der Waals surface area contributed by atoms with Crippen molar-refractivity contribution in [2.24, 2.45) is 0 Å². The van der Waals surface area contributed by atoms with Crippen LogP contribution in [-0.2, 0) is 25.8 Å². The van der Waals surface area contributed by atoms with Crippen LogP contribution in [0.5, 0.6) is 11.5 Å². The van der Waals surface area contributed by atoms with Crippen LogP contribution in [0, 0.1) is 0 Å². The first kappa shape index (κ1) is 11.9. The molecule has 0 spiro atoms. The van der Waals surface area contributed by atoms with Crippen LogP contribution < -0.4 is 9.47 Å². The molecule has 2 aliphatic rings. The Morgan fingerprint density at radius 3 is 2.90 bits per heavy atom. The second-order valence-corrected chi connectivity index (χ2v) is 5.63. The minimum atomic E-state index is 0.351. The van der Waals surface area contributed by atoms with Gasteiger partial charge in [0.25, 0.3) is 0 Å². The monoisotopic (exact) mass is 269 g/mol. The van der Waals surface area contributed by atoms with Gasteiger partial charge in [0, 0.05) is 18.4 Å². The topological polar surface area (TPSA) is 23.4 Å². The smallest absolute Gasteiger partial charge is 0.231 e. The van der Waals surface area contributed by atoms with Crippen LogP contribution in [0.25, 0.3) is 0 Å². The van der Waals surface area contributed by atoms with Crippen LogP contribution in [-0.4, -0.2) is 11.4 Å². The molecule has 0 fully saturated rings. The molecule has 2 aromatic rings. The van der Waals surface area contributed by atoms with E-state index >= 15 is 0 Å². The van der Waals surface area contributed by atoms with Crippen molar-refractivity contribution in [3.8, 4) is 11.5 Å². The van der Waals surface area contributed by atoms with Gasteiger partial charge in [-0.25, -0.2) is 0 Å². The SMILES string of the molecule is c1cc2c(cc1CCn1ccc3c1CCCC3)OCO2. The maximum absolute atomic E-state index is 5.44. The van der Waals surface area contributed by atoms with Gasteiger partial charge >= 0.3 is 0 Å². The Morgan fingerprint density at radius 1 is 1.00 bits per heavy atom. The van der Waals surface area contributed by atoms with E-state index in [2.05, 4.69) is 29.0 Å². The summed E-state index contributed by atoms with van der Waals surface area (Å²) in [6.45, 7) is 1.40. The van der Waals surface area contributed by atoms with E-state index in [4.69, 9.17) is 9.47 Å². The summed E-state index contributed by atoms with van der Waals surface area (Å²) in [5, 5.41) is 0. The molecule has 3 nitrogen and oxygen atoms in total. The summed E-state index contributed by atoms with van der Waals surface area (Å²) in [5.74, 6) is 1.75. The molecule has 1 aliphatic heterocycles. The highest BCUT2D eigenvalue weighted by Crippen LogP contribution is 2.32. The molecular formula is C17H19NO2. The molecule has 3 heteroatoms. The zero-order valence-electron chi connectivity index (χ0n) is 11.6. The highest BCUT2D eigenvalue weighted by Gasteiger charge is 2.15. The number of rotatable bonds is 3. The van der Waals surface area contributed by atoms with Gasteiger partial charge in [0.1, 0.15) is 0 Å². The van der Waals surface area contributed by atoms with Crippen LogP contribution in [0.1, 0.15) is 29.7 Å². The zero-order chi connectivity index (χ0) is 13.4. The molecular weight excluding hydrogens is 250 g/mol. The highest BCUT2D eigenvalue weighted by atomic mass is 16.7. The van der Waals surface area contributed by atoms with E-state index in [1.807, 2.05) is 6.07 Å². The first-order valence-corrected chi connectivity index (χ1v) is 7.45. The Bertz CT molecular complexity index is 630. The molecule has 1 aliphatic carbocycles. The number of nitrogens with zero attached hydrogens (tertiary/aromatic N) is 1. The summed E-state index contributed by atoms with van der Waals surface area (Å²) < 4.78 is 13.2. The first-order chi connectivity index (χ1) is 9.90. The van der Waals surface area contributed by atoms with Gasteiger partial charge in [0.05, 0.1) is 0 Å². The predicted octanol–water partition coefficient (Wildman–Crippen LogP) is 3.34. The fourth-order valence-electron chi connectivity index (χ4n) is 3.25. The minimum absolute atomic E-state index is 0.351. The molecule has 0 atom stereocenters. The van der Waals surface area contributed by atoms with Crippen molar-refractivity contribution in [2.45, 2.75) is 38.6 Å². The van der Waals surface area contributed by atoms with Gasteiger partial charge in [0.15, 0.2) is 11.5 Å². The second-order valence-electron chi connectivity index (χ2n) is 5.63. The van der Waals surface area contributed by atoms with Crippen LogP contribution >= 0.6 is 0 Å². The normalized spacial score (nSPS) is 16.2. The van der Waals surface area contributed by atoms with Gasteiger partial charge in [-0.2, -0.15) is 0 Å². The lowest BCUT2D eigenvalue weighted by Gasteiger charge is -2.15. The summed E-state index contributed by atoms with van der Waals surface area (Å²) >= 11 is 0. The van der Waals surface area contributed by atoms with Crippen molar-refractivity contribution in [2.75, 3.05) is 6.79 Å². The molecule has 0 radical (unpaired) electrons. The van der Waals surface area contributed by atoms with Gasteiger partial charge in [-0.1, -0.05) is 6.07 Å². The highest BCUT2D eigenvalue weighted by molar-refractivity contribution is 5.44. The zero-order valence-corrected chi connectivity index (χ0v) is 11.6. The third kappa shape index (κ3) is 2.07. The number of benzene rings is 1. The molecule has 4 rings (SSSR count). The van der Waals surface area contributed by atoms with Crippen LogP contribution in [0.3, 0.4) is 0 Å². The van der Waals surface area contributed by atoms with E-state index in [1.54, 1.807) is 11.3 Å². The molecule has 0 saturated carbocycles. The average molecular weight is 269 g/mol. The van der Waals surface area contributed by atoms with Gasteiger partial charge in [-0.15, -0.1) is 0 Å². The number of hydrogen-bond donors (Lipinski definition) is 0. The summed E-state index contributed by atoms with van der Waals surface area (Å²) in [7, 11) is 0.